The summed E-state index contributed by atoms with van der Waals surface area (Å²) < 4.78 is 0. The molecule has 0 amide bonds. The molecular formula is C15H23NO. The van der Waals surface area contributed by atoms with E-state index in [4.69, 9.17) is 0 Å². The molecule has 0 aliphatic carbocycles. The van der Waals surface area contributed by atoms with Crippen LogP contribution in [0.3, 0.4) is 0 Å². The van der Waals surface area contributed by atoms with E-state index in [9.17, 15) is 4.79 Å². The Morgan fingerprint density at radius 1 is 1.18 bits per heavy atom. The Kier molecular flexibility index (Phi) is 4.88. The van der Waals surface area contributed by atoms with Gasteiger partial charge in [0.1, 0.15) is 5.78 Å². The summed E-state index contributed by atoms with van der Waals surface area (Å²) in [5, 5.41) is 2.99. The zero-order chi connectivity index (χ0) is 12.9. The third kappa shape index (κ3) is 4.70. The molecule has 1 aromatic rings. The fourth-order valence-electron chi connectivity index (χ4n) is 1.70. The van der Waals surface area contributed by atoms with Crippen LogP contribution in [0.4, 0.5) is 0 Å². The van der Waals surface area contributed by atoms with Gasteiger partial charge in [-0.2, -0.15) is 0 Å². The van der Waals surface area contributed by atoms with Crippen LogP contribution in [-0.2, 0) is 16.6 Å². The standard InChI is InChI=1S/C15H23NO/c1-15(2,3)13-7-5-12(6-8-13)11-14(17)9-10-16-4/h5-8,16H,9-11H2,1-4H3. The monoisotopic (exact) mass is 233 g/mol. The van der Waals surface area contributed by atoms with E-state index in [0.29, 0.717) is 18.6 Å². The minimum atomic E-state index is 0.175. The van der Waals surface area contributed by atoms with Gasteiger partial charge < -0.3 is 5.32 Å². The van der Waals surface area contributed by atoms with Crippen molar-refractivity contribution in [1.29, 1.82) is 0 Å². The molecule has 1 aromatic carbocycles. The summed E-state index contributed by atoms with van der Waals surface area (Å²) >= 11 is 0. The Hall–Kier alpha value is -1.15. The van der Waals surface area contributed by atoms with Gasteiger partial charge >= 0.3 is 0 Å². The van der Waals surface area contributed by atoms with Crippen molar-refractivity contribution in [2.45, 2.75) is 39.0 Å². The summed E-state index contributed by atoms with van der Waals surface area (Å²) in [4.78, 5) is 11.6. The van der Waals surface area contributed by atoms with Gasteiger partial charge in [-0.1, -0.05) is 45.0 Å². The lowest BCUT2D eigenvalue weighted by molar-refractivity contribution is -0.118. The molecular weight excluding hydrogens is 210 g/mol. The van der Waals surface area contributed by atoms with Gasteiger partial charge in [-0.15, -0.1) is 0 Å². The maximum atomic E-state index is 11.6. The molecule has 0 aliphatic heterocycles. The van der Waals surface area contributed by atoms with E-state index in [-0.39, 0.29) is 5.41 Å². The van der Waals surface area contributed by atoms with Crippen molar-refractivity contribution in [3.8, 4) is 0 Å². The zero-order valence-electron chi connectivity index (χ0n) is 11.3. The first-order valence-corrected chi connectivity index (χ1v) is 6.19. The van der Waals surface area contributed by atoms with Crippen LogP contribution in [0.2, 0.25) is 0 Å². The van der Waals surface area contributed by atoms with Crippen molar-refractivity contribution in [2.24, 2.45) is 0 Å². The first-order valence-electron chi connectivity index (χ1n) is 6.19. The molecule has 0 spiro atoms. The predicted octanol–water partition coefficient (Wildman–Crippen LogP) is 2.71. The second kappa shape index (κ2) is 5.97. The Bertz CT molecular complexity index is 360. The molecule has 0 fully saturated rings. The summed E-state index contributed by atoms with van der Waals surface area (Å²) in [5.74, 6) is 0.294. The number of carbonyl (C=O) groups excluding carboxylic acids is 1. The summed E-state index contributed by atoms with van der Waals surface area (Å²) in [6.07, 6.45) is 1.16. The van der Waals surface area contributed by atoms with Gasteiger partial charge in [0, 0.05) is 19.4 Å². The van der Waals surface area contributed by atoms with Gasteiger partial charge in [-0.25, -0.2) is 0 Å². The highest BCUT2D eigenvalue weighted by Crippen LogP contribution is 2.22. The van der Waals surface area contributed by atoms with Gasteiger partial charge in [0.05, 0.1) is 0 Å². The van der Waals surface area contributed by atoms with Crippen LogP contribution in [0, 0.1) is 0 Å². The third-order valence-corrected chi connectivity index (χ3v) is 2.88. The highest BCUT2D eigenvalue weighted by Gasteiger charge is 2.13. The minimum absolute atomic E-state index is 0.175. The van der Waals surface area contributed by atoms with E-state index < -0.39 is 0 Å². The summed E-state index contributed by atoms with van der Waals surface area (Å²) in [6, 6.07) is 8.39. The molecule has 0 heterocycles. The van der Waals surface area contributed by atoms with E-state index in [0.717, 1.165) is 12.1 Å². The lowest BCUT2D eigenvalue weighted by Crippen LogP contribution is -2.14. The number of benzene rings is 1. The maximum Gasteiger partial charge on any atom is 0.138 e. The van der Waals surface area contributed by atoms with E-state index in [2.05, 4.69) is 50.4 Å². The Morgan fingerprint density at radius 2 is 1.76 bits per heavy atom. The molecule has 17 heavy (non-hydrogen) atoms. The Balaban J connectivity index is 2.60. The van der Waals surface area contributed by atoms with Crippen molar-refractivity contribution in [2.75, 3.05) is 13.6 Å². The molecule has 0 aromatic heterocycles. The smallest absolute Gasteiger partial charge is 0.138 e. The second-order valence-electron chi connectivity index (χ2n) is 5.52. The number of ketones is 1. The van der Waals surface area contributed by atoms with E-state index >= 15 is 0 Å². The van der Waals surface area contributed by atoms with E-state index in [1.54, 1.807) is 0 Å². The molecule has 0 atom stereocenters. The Labute approximate surface area is 104 Å². The largest absolute Gasteiger partial charge is 0.319 e. The second-order valence-corrected chi connectivity index (χ2v) is 5.52. The lowest BCUT2D eigenvalue weighted by atomic mass is 9.86. The average molecular weight is 233 g/mol. The van der Waals surface area contributed by atoms with Gasteiger partial charge in [-0.3, -0.25) is 4.79 Å². The van der Waals surface area contributed by atoms with E-state index in [1.807, 2.05) is 7.05 Å². The molecule has 1 N–H and O–H groups in total. The van der Waals surface area contributed by atoms with Gasteiger partial charge in [0.2, 0.25) is 0 Å². The molecule has 1 rings (SSSR count). The number of rotatable bonds is 5. The molecule has 94 valence electrons. The lowest BCUT2D eigenvalue weighted by Gasteiger charge is -2.19. The van der Waals surface area contributed by atoms with Crippen molar-refractivity contribution < 1.29 is 4.79 Å². The van der Waals surface area contributed by atoms with Crippen LogP contribution >= 0.6 is 0 Å². The molecule has 0 radical (unpaired) electrons. The van der Waals surface area contributed by atoms with Gasteiger partial charge in [0.25, 0.3) is 0 Å². The Morgan fingerprint density at radius 3 is 2.24 bits per heavy atom. The van der Waals surface area contributed by atoms with Crippen LogP contribution in [0.1, 0.15) is 38.3 Å². The highest BCUT2D eigenvalue weighted by molar-refractivity contribution is 5.81. The number of hydrogen-bond donors (Lipinski definition) is 1. The first-order chi connectivity index (χ1) is 7.93. The normalized spacial score (nSPS) is 11.5. The fraction of sp³-hybridized carbons (Fsp3) is 0.533. The molecule has 0 bridgehead atoms. The van der Waals surface area contributed by atoms with Crippen molar-refractivity contribution in [1.82, 2.24) is 5.32 Å². The molecule has 2 nitrogen and oxygen atoms in total. The number of hydrogen-bond acceptors (Lipinski definition) is 2. The predicted molar refractivity (Wildman–Crippen MR) is 72.4 cm³/mol. The summed E-state index contributed by atoms with van der Waals surface area (Å²) in [6.45, 7) is 7.35. The SMILES string of the molecule is CNCCC(=O)Cc1ccc(C(C)(C)C)cc1. The summed E-state index contributed by atoms with van der Waals surface area (Å²) in [7, 11) is 1.87. The third-order valence-electron chi connectivity index (χ3n) is 2.88. The van der Waals surface area contributed by atoms with Gasteiger partial charge in [-0.05, 0) is 23.6 Å². The van der Waals surface area contributed by atoms with Crippen LogP contribution in [-0.4, -0.2) is 19.4 Å². The van der Waals surface area contributed by atoms with E-state index in [1.165, 1.54) is 5.56 Å². The number of nitrogens with one attached hydrogen (secondary N) is 1. The molecule has 0 aliphatic rings. The highest BCUT2D eigenvalue weighted by atomic mass is 16.1. The number of carbonyl (C=O) groups is 1. The number of Topliss-reactive ketones (excluding diaryl/α,β-unsaturated/α-hetero) is 1. The van der Waals surface area contributed by atoms with Crippen molar-refractivity contribution in [3.63, 3.8) is 0 Å². The van der Waals surface area contributed by atoms with Crippen LogP contribution in [0.5, 0.6) is 0 Å². The molecule has 0 unspecified atom stereocenters. The van der Waals surface area contributed by atoms with Crippen molar-refractivity contribution >= 4 is 5.78 Å². The molecule has 2 heteroatoms. The van der Waals surface area contributed by atoms with Crippen molar-refractivity contribution in [3.05, 3.63) is 35.4 Å². The van der Waals surface area contributed by atoms with Gasteiger partial charge in [0.15, 0.2) is 0 Å². The van der Waals surface area contributed by atoms with Crippen LogP contribution in [0.15, 0.2) is 24.3 Å². The molecule has 0 saturated heterocycles. The minimum Gasteiger partial charge on any atom is -0.319 e. The average Bonchev–Trinajstić information content (AvgIpc) is 2.26. The topological polar surface area (TPSA) is 29.1 Å². The van der Waals surface area contributed by atoms with Crippen LogP contribution < -0.4 is 5.32 Å². The van der Waals surface area contributed by atoms with Crippen LogP contribution in [0.25, 0.3) is 0 Å². The maximum absolute atomic E-state index is 11.6. The molecule has 0 saturated carbocycles. The zero-order valence-corrected chi connectivity index (χ0v) is 11.3. The summed E-state index contributed by atoms with van der Waals surface area (Å²) in [5.41, 5.74) is 2.59. The fourth-order valence-corrected chi connectivity index (χ4v) is 1.70. The first kappa shape index (κ1) is 13.9. The quantitative estimate of drug-likeness (QED) is 0.847.